The number of hydrogen-bond acceptors (Lipinski definition) is 4. The molecule has 0 bridgehead atoms. The van der Waals surface area contributed by atoms with E-state index >= 15 is 0 Å². The maximum atomic E-state index is 13.2. The summed E-state index contributed by atoms with van der Waals surface area (Å²) in [5.41, 5.74) is 1.58. The van der Waals surface area contributed by atoms with Gasteiger partial charge >= 0.3 is 5.97 Å². The molecule has 0 aromatic heterocycles. The molecule has 3 rings (SSSR count). The van der Waals surface area contributed by atoms with Gasteiger partial charge in [-0.15, -0.1) is 0 Å². The van der Waals surface area contributed by atoms with Gasteiger partial charge in [-0.1, -0.05) is 56.7 Å². The Balaban J connectivity index is 1.97. The summed E-state index contributed by atoms with van der Waals surface area (Å²) < 4.78 is 10.8. The number of fused-ring (bicyclic) bond motifs is 2. The molecule has 5 nitrogen and oxygen atoms in total. The Morgan fingerprint density at radius 2 is 1.62 bits per heavy atom. The van der Waals surface area contributed by atoms with Crippen molar-refractivity contribution in [3.63, 3.8) is 0 Å². The van der Waals surface area contributed by atoms with E-state index in [1.165, 1.54) is 7.11 Å². The minimum Gasteiger partial charge on any atom is -0.467 e. The lowest BCUT2D eigenvalue weighted by atomic mass is 9.86. The van der Waals surface area contributed by atoms with Gasteiger partial charge < -0.3 is 14.8 Å². The maximum absolute atomic E-state index is 13.2. The largest absolute Gasteiger partial charge is 0.467 e. The average molecular weight is 353 g/mol. The molecule has 2 atom stereocenters. The average Bonchev–Trinajstić information content (AvgIpc) is 2.68. The summed E-state index contributed by atoms with van der Waals surface area (Å²) in [5.74, 6) is 0.0864. The molecule has 2 aromatic rings. The predicted molar refractivity (Wildman–Crippen MR) is 98.2 cm³/mol. The van der Waals surface area contributed by atoms with Crippen LogP contribution in [0.3, 0.4) is 0 Å². The summed E-state index contributed by atoms with van der Waals surface area (Å²) in [4.78, 5) is 25.4. The third kappa shape index (κ3) is 3.29. The van der Waals surface area contributed by atoms with E-state index in [4.69, 9.17) is 9.47 Å². The number of amides is 1. The van der Waals surface area contributed by atoms with Gasteiger partial charge in [0.2, 0.25) is 5.91 Å². The van der Waals surface area contributed by atoms with Crippen molar-refractivity contribution in [1.29, 1.82) is 0 Å². The van der Waals surface area contributed by atoms with Crippen LogP contribution in [0, 0.1) is 5.92 Å². The Hall–Kier alpha value is -2.82. The molecule has 1 aliphatic rings. The van der Waals surface area contributed by atoms with E-state index in [-0.39, 0.29) is 11.8 Å². The molecule has 0 spiro atoms. The fourth-order valence-electron chi connectivity index (χ4n) is 3.23. The van der Waals surface area contributed by atoms with Crippen LogP contribution in [0.25, 0.3) is 0 Å². The van der Waals surface area contributed by atoms with Gasteiger partial charge in [0.25, 0.3) is 0 Å². The third-order valence-electron chi connectivity index (χ3n) is 4.91. The van der Waals surface area contributed by atoms with Gasteiger partial charge in [-0.25, -0.2) is 4.79 Å². The van der Waals surface area contributed by atoms with E-state index in [2.05, 4.69) is 5.32 Å². The van der Waals surface area contributed by atoms with Crippen LogP contribution in [-0.2, 0) is 14.3 Å². The van der Waals surface area contributed by atoms with Gasteiger partial charge in [-0.05, 0) is 18.1 Å². The molecule has 136 valence electrons. The van der Waals surface area contributed by atoms with E-state index in [9.17, 15) is 9.59 Å². The molecule has 26 heavy (non-hydrogen) atoms. The van der Waals surface area contributed by atoms with Crippen molar-refractivity contribution in [3.8, 4) is 11.5 Å². The van der Waals surface area contributed by atoms with Crippen LogP contribution in [-0.4, -0.2) is 25.0 Å². The zero-order valence-electron chi connectivity index (χ0n) is 15.2. The molecule has 2 aromatic carbocycles. The van der Waals surface area contributed by atoms with Gasteiger partial charge in [-0.2, -0.15) is 0 Å². The van der Waals surface area contributed by atoms with Crippen LogP contribution in [0.1, 0.15) is 37.3 Å². The molecule has 0 fully saturated rings. The molecule has 1 amide bonds. The number of benzene rings is 2. The van der Waals surface area contributed by atoms with E-state index < -0.39 is 17.9 Å². The van der Waals surface area contributed by atoms with Crippen molar-refractivity contribution in [2.75, 3.05) is 7.11 Å². The Labute approximate surface area is 153 Å². The molecule has 0 aliphatic carbocycles. The molecule has 0 saturated heterocycles. The molecule has 1 aliphatic heterocycles. The zero-order chi connectivity index (χ0) is 18.7. The van der Waals surface area contributed by atoms with Crippen molar-refractivity contribution in [2.45, 2.75) is 32.2 Å². The standard InChI is InChI=1S/C21H23NO4/c1-4-13(2)19(21(24)25-3)22-20(23)18-14-9-5-7-11-16(14)26-17-12-8-6-10-15(17)18/h5-13,18-19H,4H2,1-3H3,(H,22,23)/t13-,19+/m1/s1. The zero-order valence-corrected chi connectivity index (χ0v) is 15.2. The van der Waals surface area contributed by atoms with Crippen LogP contribution >= 0.6 is 0 Å². The van der Waals surface area contributed by atoms with E-state index in [1.54, 1.807) is 0 Å². The molecular formula is C21H23NO4. The number of esters is 1. The van der Waals surface area contributed by atoms with Crippen LogP contribution in [0.4, 0.5) is 0 Å². The van der Waals surface area contributed by atoms with E-state index in [0.29, 0.717) is 11.5 Å². The van der Waals surface area contributed by atoms with Gasteiger partial charge in [0.15, 0.2) is 0 Å². The van der Waals surface area contributed by atoms with Crippen molar-refractivity contribution in [1.82, 2.24) is 5.32 Å². The second-order valence-electron chi connectivity index (χ2n) is 6.51. The van der Waals surface area contributed by atoms with Gasteiger partial charge in [0.05, 0.1) is 13.0 Å². The summed E-state index contributed by atoms with van der Waals surface area (Å²) >= 11 is 0. The number of ether oxygens (including phenoxy) is 2. The molecule has 1 heterocycles. The minimum absolute atomic E-state index is 0.0308. The number of nitrogens with one attached hydrogen (secondary N) is 1. The highest BCUT2D eigenvalue weighted by Crippen LogP contribution is 2.43. The first-order valence-electron chi connectivity index (χ1n) is 8.80. The molecule has 5 heteroatoms. The number of rotatable bonds is 5. The second-order valence-corrected chi connectivity index (χ2v) is 6.51. The summed E-state index contributed by atoms with van der Waals surface area (Å²) in [6.07, 6.45) is 0.751. The first-order chi connectivity index (χ1) is 12.6. The van der Waals surface area contributed by atoms with Gasteiger partial charge in [0.1, 0.15) is 17.5 Å². The van der Waals surface area contributed by atoms with Gasteiger partial charge in [0, 0.05) is 11.1 Å². The second kappa shape index (κ2) is 7.60. The lowest BCUT2D eigenvalue weighted by Gasteiger charge is -2.29. The predicted octanol–water partition coefficient (Wildman–Crippen LogP) is 3.63. The Morgan fingerprint density at radius 3 is 2.12 bits per heavy atom. The van der Waals surface area contributed by atoms with Crippen LogP contribution in [0.15, 0.2) is 48.5 Å². The highest BCUT2D eigenvalue weighted by molar-refractivity contribution is 5.92. The SMILES string of the molecule is CC[C@@H](C)[C@H](NC(=O)C1c2ccccc2Oc2ccccc21)C(=O)OC. The molecular weight excluding hydrogens is 330 g/mol. The lowest BCUT2D eigenvalue weighted by molar-refractivity contribution is -0.146. The van der Waals surface area contributed by atoms with Crippen LogP contribution in [0.5, 0.6) is 11.5 Å². The first-order valence-corrected chi connectivity index (χ1v) is 8.80. The van der Waals surface area contributed by atoms with Crippen LogP contribution in [0.2, 0.25) is 0 Å². The summed E-state index contributed by atoms with van der Waals surface area (Å²) in [6.45, 7) is 3.90. The summed E-state index contributed by atoms with van der Waals surface area (Å²) in [5, 5.41) is 2.90. The summed E-state index contributed by atoms with van der Waals surface area (Å²) in [7, 11) is 1.34. The molecule has 0 unspecified atom stereocenters. The highest BCUT2D eigenvalue weighted by Gasteiger charge is 2.35. The fourth-order valence-corrected chi connectivity index (χ4v) is 3.23. The first kappa shape index (κ1) is 18.0. The normalized spacial score (nSPS) is 15.0. The monoisotopic (exact) mass is 353 g/mol. The smallest absolute Gasteiger partial charge is 0.328 e. The van der Waals surface area contributed by atoms with Crippen molar-refractivity contribution in [2.24, 2.45) is 5.92 Å². The fraction of sp³-hybridized carbons (Fsp3) is 0.333. The van der Waals surface area contributed by atoms with Crippen molar-refractivity contribution >= 4 is 11.9 Å². The van der Waals surface area contributed by atoms with Crippen molar-refractivity contribution in [3.05, 3.63) is 59.7 Å². The van der Waals surface area contributed by atoms with Crippen LogP contribution < -0.4 is 10.1 Å². The molecule has 1 N–H and O–H groups in total. The maximum Gasteiger partial charge on any atom is 0.328 e. The van der Waals surface area contributed by atoms with Crippen molar-refractivity contribution < 1.29 is 19.1 Å². The minimum atomic E-state index is -0.681. The van der Waals surface area contributed by atoms with Gasteiger partial charge in [-0.3, -0.25) is 4.79 Å². The number of hydrogen-bond donors (Lipinski definition) is 1. The molecule has 0 radical (unpaired) electrons. The Morgan fingerprint density at radius 1 is 1.08 bits per heavy atom. The Bertz CT molecular complexity index is 772. The highest BCUT2D eigenvalue weighted by atomic mass is 16.5. The number of methoxy groups -OCH3 is 1. The number of para-hydroxylation sites is 2. The number of carbonyl (C=O) groups is 2. The lowest BCUT2D eigenvalue weighted by Crippen LogP contribution is -2.47. The third-order valence-corrected chi connectivity index (χ3v) is 4.91. The van der Waals surface area contributed by atoms with E-state index in [1.807, 2.05) is 62.4 Å². The quantitative estimate of drug-likeness (QED) is 0.834. The molecule has 0 saturated carbocycles. The Kier molecular flexibility index (Phi) is 5.26. The summed E-state index contributed by atoms with van der Waals surface area (Å²) in [6, 6.07) is 14.3. The topological polar surface area (TPSA) is 64.6 Å². The number of carbonyl (C=O) groups excluding carboxylic acids is 2. The van der Waals surface area contributed by atoms with E-state index in [0.717, 1.165) is 17.5 Å².